The minimum absolute atomic E-state index is 0.122. The standard InChI is InChI=1S/C24H26N2O4S/c1-18(2)19-12-14-21(15-13-19)26(31(28,29)23-10-5-4-6-11-23)17-24(27)25-20-8-7-9-22(16-20)30-3/h4-16,18H,17H2,1-3H3,(H,25,27). The van der Waals surface area contributed by atoms with Crippen LogP contribution in [-0.2, 0) is 14.8 Å². The Hall–Kier alpha value is -3.32. The third-order valence-corrected chi connectivity index (χ3v) is 6.61. The Bertz CT molecular complexity index is 1130. The summed E-state index contributed by atoms with van der Waals surface area (Å²) in [6.07, 6.45) is 0. The Morgan fingerprint density at radius 1 is 0.968 bits per heavy atom. The van der Waals surface area contributed by atoms with Gasteiger partial charge >= 0.3 is 0 Å². The lowest BCUT2D eigenvalue weighted by Crippen LogP contribution is -2.38. The molecule has 31 heavy (non-hydrogen) atoms. The third-order valence-electron chi connectivity index (χ3n) is 4.82. The van der Waals surface area contributed by atoms with Gasteiger partial charge in [-0.25, -0.2) is 8.42 Å². The number of carbonyl (C=O) groups excluding carboxylic acids is 1. The topological polar surface area (TPSA) is 75.7 Å². The monoisotopic (exact) mass is 438 g/mol. The third kappa shape index (κ3) is 5.44. The summed E-state index contributed by atoms with van der Waals surface area (Å²) in [5, 5.41) is 2.74. The first-order chi connectivity index (χ1) is 14.8. The van der Waals surface area contributed by atoms with Crippen molar-refractivity contribution >= 4 is 27.3 Å². The SMILES string of the molecule is COc1cccc(NC(=O)CN(c2ccc(C(C)C)cc2)S(=O)(=O)c2ccccc2)c1. The molecule has 1 N–H and O–H groups in total. The van der Waals surface area contributed by atoms with Crippen LogP contribution in [0.3, 0.4) is 0 Å². The second-order valence-corrected chi connectivity index (χ2v) is 9.21. The molecule has 7 heteroatoms. The summed E-state index contributed by atoms with van der Waals surface area (Å²) in [6.45, 7) is 3.76. The molecule has 162 valence electrons. The van der Waals surface area contributed by atoms with E-state index in [1.54, 1.807) is 54.6 Å². The van der Waals surface area contributed by atoms with Crippen LogP contribution < -0.4 is 14.4 Å². The second-order valence-electron chi connectivity index (χ2n) is 7.35. The molecule has 6 nitrogen and oxygen atoms in total. The van der Waals surface area contributed by atoms with Crippen LogP contribution >= 0.6 is 0 Å². The Balaban J connectivity index is 1.92. The summed E-state index contributed by atoms with van der Waals surface area (Å²) in [4.78, 5) is 12.9. The number of amides is 1. The number of nitrogens with one attached hydrogen (secondary N) is 1. The smallest absolute Gasteiger partial charge is 0.264 e. The molecule has 0 fully saturated rings. The minimum atomic E-state index is -3.94. The molecule has 0 aliphatic rings. The largest absolute Gasteiger partial charge is 0.497 e. The molecule has 0 saturated heterocycles. The molecular formula is C24H26N2O4S. The zero-order valence-corrected chi connectivity index (χ0v) is 18.6. The number of hydrogen-bond donors (Lipinski definition) is 1. The highest BCUT2D eigenvalue weighted by molar-refractivity contribution is 7.92. The molecule has 0 unspecified atom stereocenters. The number of hydrogen-bond acceptors (Lipinski definition) is 4. The van der Waals surface area contributed by atoms with Crippen molar-refractivity contribution in [2.75, 3.05) is 23.3 Å². The molecular weight excluding hydrogens is 412 g/mol. The number of anilines is 2. The van der Waals surface area contributed by atoms with Gasteiger partial charge in [-0.2, -0.15) is 0 Å². The molecule has 0 aliphatic heterocycles. The Kier molecular flexibility index (Phi) is 6.97. The fraction of sp³-hybridized carbons (Fsp3) is 0.208. The van der Waals surface area contributed by atoms with Crippen molar-refractivity contribution in [2.45, 2.75) is 24.7 Å². The summed E-state index contributed by atoms with van der Waals surface area (Å²) in [6, 6.07) is 22.2. The van der Waals surface area contributed by atoms with E-state index in [0.29, 0.717) is 23.0 Å². The van der Waals surface area contributed by atoms with Gasteiger partial charge in [-0.05, 0) is 47.9 Å². The Morgan fingerprint density at radius 2 is 1.65 bits per heavy atom. The van der Waals surface area contributed by atoms with Crippen LogP contribution in [0.1, 0.15) is 25.3 Å². The van der Waals surface area contributed by atoms with Crippen LogP contribution in [0, 0.1) is 0 Å². The molecule has 0 aliphatic carbocycles. The lowest BCUT2D eigenvalue weighted by molar-refractivity contribution is -0.114. The normalized spacial score (nSPS) is 11.2. The van der Waals surface area contributed by atoms with Gasteiger partial charge < -0.3 is 10.1 Å². The summed E-state index contributed by atoms with van der Waals surface area (Å²) in [5.41, 5.74) is 2.03. The van der Waals surface area contributed by atoms with Crippen molar-refractivity contribution in [3.05, 3.63) is 84.4 Å². The van der Waals surface area contributed by atoms with E-state index >= 15 is 0 Å². The van der Waals surface area contributed by atoms with Crippen LogP contribution in [0.4, 0.5) is 11.4 Å². The van der Waals surface area contributed by atoms with Crippen molar-refractivity contribution in [1.29, 1.82) is 0 Å². The van der Waals surface area contributed by atoms with E-state index in [9.17, 15) is 13.2 Å². The summed E-state index contributed by atoms with van der Waals surface area (Å²) in [7, 11) is -2.40. The van der Waals surface area contributed by atoms with Crippen LogP contribution in [-0.4, -0.2) is 28.0 Å². The molecule has 0 radical (unpaired) electrons. The highest BCUT2D eigenvalue weighted by atomic mass is 32.2. The number of carbonyl (C=O) groups is 1. The first kappa shape index (κ1) is 22.4. The summed E-state index contributed by atoms with van der Waals surface area (Å²) in [5.74, 6) is 0.445. The van der Waals surface area contributed by atoms with E-state index in [-0.39, 0.29) is 11.4 Å². The fourth-order valence-corrected chi connectivity index (χ4v) is 4.53. The van der Waals surface area contributed by atoms with Crippen molar-refractivity contribution in [3.8, 4) is 5.75 Å². The van der Waals surface area contributed by atoms with E-state index < -0.39 is 15.9 Å². The zero-order chi connectivity index (χ0) is 22.4. The zero-order valence-electron chi connectivity index (χ0n) is 17.8. The van der Waals surface area contributed by atoms with E-state index in [2.05, 4.69) is 19.2 Å². The van der Waals surface area contributed by atoms with E-state index in [1.165, 1.54) is 19.2 Å². The van der Waals surface area contributed by atoms with Crippen LogP contribution in [0.2, 0.25) is 0 Å². The van der Waals surface area contributed by atoms with Gasteiger partial charge in [0.1, 0.15) is 12.3 Å². The van der Waals surface area contributed by atoms with E-state index in [4.69, 9.17) is 4.74 Å². The predicted molar refractivity (Wildman–Crippen MR) is 123 cm³/mol. The van der Waals surface area contributed by atoms with Gasteiger partial charge in [-0.1, -0.05) is 50.2 Å². The maximum absolute atomic E-state index is 13.4. The van der Waals surface area contributed by atoms with Gasteiger partial charge in [0.05, 0.1) is 17.7 Å². The van der Waals surface area contributed by atoms with Gasteiger partial charge in [-0.15, -0.1) is 0 Å². The number of methoxy groups -OCH3 is 1. The van der Waals surface area contributed by atoms with Crippen molar-refractivity contribution in [1.82, 2.24) is 0 Å². The van der Waals surface area contributed by atoms with Crippen molar-refractivity contribution in [2.24, 2.45) is 0 Å². The average Bonchev–Trinajstić information content (AvgIpc) is 2.78. The number of benzene rings is 3. The molecule has 0 bridgehead atoms. The maximum Gasteiger partial charge on any atom is 0.264 e. The number of rotatable bonds is 8. The number of nitrogens with zero attached hydrogens (tertiary/aromatic N) is 1. The van der Waals surface area contributed by atoms with Crippen molar-refractivity contribution < 1.29 is 17.9 Å². The van der Waals surface area contributed by atoms with E-state index in [1.807, 2.05) is 12.1 Å². The molecule has 0 heterocycles. The predicted octanol–water partition coefficient (Wildman–Crippen LogP) is 4.65. The second kappa shape index (κ2) is 9.66. The highest BCUT2D eigenvalue weighted by Crippen LogP contribution is 2.26. The van der Waals surface area contributed by atoms with Gasteiger partial charge in [0.25, 0.3) is 10.0 Å². The number of sulfonamides is 1. The highest BCUT2D eigenvalue weighted by Gasteiger charge is 2.27. The van der Waals surface area contributed by atoms with Gasteiger partial charge in [0.2, 0.25) is 5.91 Å². The van der Waals surface area contributed by atoms with Crippen LogP contribution in [0.25, 0.3) is 0 Å². The van der Waals surface area contributed by atoms with Gasteiger partial charge in [-0.3, -0.25) is 9.10 Å². The van der Waals surface area contributed by atoms with E-state index in [0.717, 1.165) is 9.87 Å². The number of ether oxygens (including phenoxy) is 1. The summed E-state index contributed by atoms with van der Waals surface area (Å²) >= 11 is 0. The molecule has 3 aromatic carbocycles. The van der Waals surface area contributed by atoms with Gasteiger partial charge in [0.15, 0.2) is 0 Å². The first-order valence-corrected chi connectivity index (χ1v) is 11.4. The Morgan fingerprint density at radius 3 is 2.26 bits per heavy atom. The first-order valence-electron chi connectivity index (χ1n) is 9.93. The fourth-order valence-electron chi connectivity index (χ4n) is 3.09. The van der Waals surface area contributed by atoms with Crippen LogP contribution in [0.5, 0.6) is 5.75 Å². The van der Waals surface area contributed by atoms with Crippen LogP contribution in [0.15, 0.2) is 83.8 Å². The van der Waals surface area contributed by atoms with Gasteiger partial charge in [0, 0.05) is 11.8 Å². The average molecular weight is 439 g/mol. The van der Waals surface area contributed by atoms with Crippen molar-refractivity contribution in [3.63, 3.8) is 0 Å². The summed E-state index contributed by atoms with van der Waals surface area (Å²) < 4.78 is 33.0. The molecule has 0 aromatic heterocycles. The molecule has 3 rings (SSSR count). The quantitative estimate of drug-likeness (QED) is 0.555. The Labute approximate surface area is 183 Å². The maximum atomic E-state index is 13.4. The molecule has 0 saturated carbocycles. The molecule has 3 aromatic rings. The molecule has 1 amide bonds. The lowest BCUT2D eigenvalue weighted by atomic mass is 10.0. The lowest BCUT2D eigenvalue weighted by Gasteiger charge is -2.24. The molecule has 0 spiro atoms. The minimum Gasteiger partial charge on any atom is -0.497 e. The molecule has 0 atom stereocenters.